The summed E-state index contributed by atoms with van der Waals surface area (Å²) in [6.07, 6.45) is 0.966. The quantitative estimate of drug-likeness (QED) is 0.680. The van der Waals surface area contributed by atoms with E-state index in [9.17, 15) is 0 Å². The maximum Gasteiger partial charge on any atom is 0.105 e. The standard InChI is InChI=1S/C15H14Br2N2S/c1-2-9-7-10(16)3-6-14(9)19-11-4-5-12(15(18)20)13(17)8-11/h3-8,19H,2H2,1H3,(H2,18,20). The zero-order chi connectivity index (χ0) is 14.7. The molecular formula is C15H14Br2N2S. The van der Waals surface area contributed by atoms with Crippen molar-refractivity contribution in [1.82, 2.24) is 0 Å². The molecule has 0 bridgehead atoms. The van der Waals surface area contributed by atoms with Crippen LogP contribution in [0.4, 0.5) is 11.4 Å². The summed E-state index contributed by atoms with van der Waals surface area (Å²) >= 11 is 12.0. The molecule has 0 unspecified atom stereocenters. The average Bonchev–Trinajstić information content (AvgIpc) is 2.40. The maximum absolute atomic E-state index is 5.66. The summed E-state index contributed by atoms with van der Waals surface area (Å²) in [6.45, 7) is 2.14. The number of benzene rings is 2. The van der Waals surface area contributed by atoms with Crippen molar-refractivity contribution in [3.63, 3.8) is 0 Å². The minimum Gasteiger partial charge on any atom is -0.389 e. The molecule has 0 aromatic heterocycles. The summed E-state index contributed by atoms with van der Waals surface area (Å²) in [4.78, 5) is 0.390. The van der Waals surface area contributed by atoms with E-state index in [1.165, 1.54) is 5.56 Å². The van der Waals surface area contributed by atoms with Gasteiger partial charge in [0.2, 0.25) is 0 Å². The highest BCUT2D eigenvalue weighted by atomic mass is 79.9. The monoisotopic (exact) mass is 412 g/mol. The Morgan fingerprint density at radius 2 is 1.95 bits per heavy atom. The predicted molar refractivity (Wildman–Crippen MR) is 96.8 cm³/mol. The molecule has 2 nitrogen and oxygen atoms in total. The van der Waals surface area contributed by atoms with E-state index in [0.717, 1.165) is 32.3 Å². The van der Waals surface area contributed by atoms with Crippen LogP contribution in [0.2, 0.25) is 0 Å². The Hall–Kier alpha value is -0.910. The second-order valence-corrected chi connectivity index (χ2v) is 6.55. The van der Waals surface area contributed by atoms with Gasteiger partial charge in [0, 0.05) is 25.9 Å². The van der Waals surface area contributed by atoms with Gasteiger partial charge >= 0.3 is 0 Å². The second-order valence-electron chi connectivity index (χ2n) is 4.34. The van der Waals surface area contributed by atoms with Gasteiger partial charge in [0.15, 0.2) is 0 Å². The highest BCUT2D eigenvalue weighted by Gasteiger charge is 2.06. The number of aryl methyl sites for hydroxylation is 1. The van der Waals surface area contributed by atoms with Gasteiger partial charge in [-0.3, -0.25) is 0 Å². The Bertz CT molecular complexity index is 656. The molecule has 2 aromatic carbocycles. The van der Waals surface area contributed by atoms with E-state index in [4.69, 9.17) is 18.0 Å². The number of rotatable bonds is 4. The Morgan fingerprint density at radius 1 is 1.20 bits per heavy atom. The van der Waals surface area contributed by atoms with Gasteiger partial charge in [-0.2, -0.15) is 0 Å². The van der Waals surface area contributed by atoms with Crippen LogP contribution in [0.25, 0.3) is 0 Å². The molecule has 0 fully saturated rings. The molecule has 0 saturated heterocycles. The lowest BCUT2D eigenvalue weighted by molar-refractivity contribution is 1.14. The molecule has 20 heavy (non-hydrogen) atoms. The lowest BCUT2D eigenvalue weighted by atomic mass is 10.1. The van der Waals surface area contributed by atoms with Gasteiger partial charge in [0.1, 0.15) is 4.99 Å². The van der Waals surface area contributed by atoms with Crippen LogP contribution in [0.5, 0.6) is 0 Å². The fraction of sp³-hybridized carbons (Fsp3) is 0.133. The fourth-order valence-corrected chi connectivity index (χ4v) is 3.24. The molecule has 0 saturated carbocycles. The second kappa shape index (κ2) is 6.70. The van der Waals surface area contributed by atoms with Gasteiger partial charge in [-0.25, -0.2) is 0 Å². The SMILES string of the molecule is CCc1cc(Br)ccc1Nc1ccc(C(N)=S)c(Br)c1. The van der Waals surface area contributed by atoms with Crippen molar-refractivity contribution in [3.8, 4) is 0 Å². The predicted octanol–water partition coefficient (Wildman–Crippen LogP) is 5.15. The number of nitrogens with two attached hydrogens (primary N) is 1. The normalized spacial score (nSPS) is 10.3. The highest BCUT2D eigenvalue weighted by molar-refractivity contribution is 9.10. The van der Waals surface area contributed by atoms with Gasteiger partial charge < -0.3 is 11.1 Å². The Morgan fingerprint density at radius 3 is 2.55 bits per heavy atom. The van der Waals surface area contributed by atoms with E-state index in [0.29, 0.717) is 4.99 Å². The molecule has 2 rings (SSSR count). The first-order chi connectivity index (χ1) is 9.51. The number of anilines is 2. The Balaban J connectivity index is 2.31. The van der Waals surface area contributed by atoms with Crippen LogP contribution in [0.1, 0.15) is 18.1 Å². The molecule has 0 aliphatic carbocycles. The van der Waals surface area contributed by atoms with Crippen LogP contribution in [0.15, 0.2) is 45.3 Å². The third-order valence-corrected chi connectivity index (χ3v) is 4.33. The first-order valence-electron chi connectivity index (χ1n) is 6.16. The van der Waals surface area contributed by atoms with Crippen molar-refractivity contribution in [2.24, 2.45) is 5.73 Å². The van der Waals surface area contributed by atoms with Crippen molar-refractivity contribution in [2.45, 2.75) is 13.3 Å². The molecule has 0 spiro atoms. The number of halogens is 2. The van der Waals surface area contributed by atoms with Crippen LogP contribution in [0, 0.1) is 0 Å². The van der Waals surface area contributed by atoms with Crippen molar-refractivity contribution in [2.75, 3.05) is 5.32 Å². The molecule has 3 N–H and O–H groups in total. The average molecular weight is 414 g/mol. The largest absolute Gasteiger partial charge is 0.389 e. The lowest BCUT2D eigenvalue weighted by Gasteiger charge is -2.13. The fourth-order valence-electron chi connectivity index (χ4n) is 1.92. The van der Waals surface area contributed by atoms with Crippen LogP contribution >= 0.6 is 44.1 Å². The molecule has 0 atom stereocenters. The number of nitrogens with one attached hydrogen (secondary N) is 1. The van der Waals surface area contributed by atoms with Gasteiger partial charge in [-0.05, 0) is 64.3 Å². The molecule has 0 aliphatic heterocycles. The molecule has 0 amide bonds. The van der Waals surface area contributed by atoms with Gasteiger partial charge in [-0.15, -0.1) is 0 Å². The molecule has 104 valence electrons. The summed E-state index contributed by atoms with van der Waals surface area (Å²) < 4.78 is 1.98. The maximum atomic E-state index is 5.66. The summed E-state index contributed by atoms with van der Waals surface area (Å²) in [5.41, 5.74) is 9.85. The summed E-state index contributed by atoms with van der Waals surface area (Å²) in [5, 5.41) is 3.42. The van der Waals surface area contributed by atoms with Crippen LogP contribution in [-0.2, 0) is 6.42 Å². The summed E-state index contributed by atoms with van der Waals surface area (Å²) in [7, 11) is 0. The minimum atomic E-state index is 0.390. The number of thiocarbonyl (C=S) groups is 1. The molecular weight excluding hydrogens is 400 g/mol. The van der Waals surface area contributed by atoms with E-state index >= 15 is 0 Å². The van der Waals surface area contributed by atoms with Gasteiger partial charge in [-0.1, -0.05) is 35.1 Å². The first-order valence-corrected chi connectivity index (χ1v) is 8.15. The molecule has 0 aliphatic rings. The third-order valence-electron chi connectivity index (χ3n) is 2.96. The third kappa shape index (κ3) is 3.59. The highest BCUT2D eigenvalue weighted by Crippen LogP contribution is 2.27. The van der Waals surface area contributed by atoms with Crippen LogP contribution in [-0.4, -0.2) is 4.99 Å². The van der Waals surface area contributed by atoms with E-state index < -0.39 is 0 Å². The smallest absolute Gasteiger partial charge is 0.105 e. The van der Waals surface area contributed by atoms with Crippen molar-refractivity contribution < 1.29 is 0 Å². The minimum absolute atomic E-state index is 0.390. The van der Waals surface area contributed by atoms with Crippen molar-refractivity contribution in [3.05, 3.63) is 56.5 Å². The Labute approximate surface area is 141 Å². The van der Waals surface area contributed by atoms with Crippen LogP contribution < -0.4 is 11.1 Å². The van der Waals surface area contributed by atoms with E-state index in [1.54, 1.807) is 0 Å². The zero-order valence-corrected chi connectivity index (χ0v) is 14.9. The lowest BCUT2D eigenvalue weighted by Crippen LogP contribution is -2.10. The van der Waals surface area contributed by atoms with E-state index in [1.807, 2.05) is 24.3 Å². The first kappa shape index (κ1) is 15.5. The van der Waals surface area contributed by atoms with E-state index in [-0.39, 0.29) is 0 Å². The molecule has 0 radical (unpaired) electrons. The summed E-state index contributed by atoms with van der Waals surface area (Å²) in [6, 6.07) is 12.1. The van der Waals surface area contributed by atoms with Crippen molar-refractivity contribution >= 4 is 60.4 Å². The van der Waals surface area contributed by atoms with Gasteiger partial charge in [0.25, 0.3) is 0 Å². The molecule has 5 heteroatoms. The van der Waals surface area contributed by atoms with E-state index in [2.05, 4.69) is 56.2 Å². The number of hydrogen-bond acceptors (Lipinski definition) is 2. The Kier molecular flexibility index (Phi) is 5.18. The molecule has 2 aromatic rings. The van der Waals surface area contributed by atoms with Crippen LogP contribution in [0.3, 0.4) is 0 Å². The topological polar surface area (TPSA) is 38.0 Å². The number of hydrogen-bond donors (Lipinski definition) is 2. The molecule has 0 heterocycles. The zero-order valence-electron chi connectivity index (χ0n) is 10.9. The summed E-state index contributed by atoms with van der Waals surface area (Å²) in [5.74, 6) is 0. The van der Waals surface area contributed by atoms with Crippen molar-refractivity contribution in [1.29, 1.82) is 0 Å². The van der Waals surface area contributed by atoms with Gasteiger partial charge in [0.05, 0.1) is 0 Å².